The minimum Gasteiger partial charge on any atom is -0.478 e. The minimum atomic E-state index is -3.38. The molecule has 0 unspecified atom stereocenters. The number of carboxylic acids is 1. The van der Waals surface area contributed by atoms with Crippen LogP contribution in [0.15, 0.2) is 57.4 Å². The third-order valence-electron chi connectivity index (χ3n) is 2.43. The fraction of sp³-hybridized carbons (Fsp3) is 0.0769. The number of benzene rings is 1. The quantitative estimate of drug-likeness (QED) is 0.933. The number of aromatic nitrogens is 1. The monoisotopic (exact) mass is 309 g/mol. The molecule has 20 heavy (non-hydrogen) atoms. The molecule has 0 fully saturated rings. The van der Waals surface area contributed by atoms with Gasteiger partial charge in [-0.05, 0) is 30.3 Å². The van der Waals surface area contributed by atoms with Crippen LogP contribution in [0.3, 0.4) is 0 Å². The maximum Gasteiger partial charge on any atom is 0.335 e. The van der Waals surface area contributed by atoms with Gasteiger partial charge in [0, 0.05) is 17.3 Å². The first kappa shape index (κ1) is 14.5. The van der Waals surface area contributed by atoms with Crippen LogP contribution in [0.2, 0.25) is 0 Å². The van der Waals surface area contributed by atoms with Gasteiger partial charge < -0.3 is 5.11 Å². The Hall–Kier alpha value is -1.86. The van der Waals surface area contributed by atoms with Crippen molar-refractivity contribution in [1.29, 1.82) is 0 Å². The summed E-state index contributed by atoms with van der Waals surface area (Å²) in [6.07, 6.45) is 2.61. The average Bonchev–Trinajstić information content (AvgIpc) is 2.38. The van der Waals surface area contributed by atoms with Crippen LogP contribution < -0.4 is 0 Å². The molecule has 2 rings (SSSR count). The van der Waals surface area contributed by atoms with Crippen LogP contribution >= 0.6 is 11.8 Å². The van der Waals surface area contributed by atoms with Crippen LogP contribution in [-0.4, -0.2) is 30.7 Å². The Kier molecular flexibility index (Phi) is 4.10. The van der Waals surface area contributed by atoms with Gasteiger partial charge >= 0.3 is 5.97 Å². The van der Waals surface area contributed by atoms with E-state index in [2.05, 4.69) is 4.98 Å². The van der Waals surface area contributed by atoms with Gasteiger partial charge in [-0.25, -0.2) is 18.2 Å². The Labute approximate surface area is 120 Å². The van der Waals surface area contributed by atoms with Gasteiger partial charge in [-0.1, -0.05) is 17.8 Å². The lowest BCUT2D eigenvalue weighted by Gasteiger charge is -2.06. The molecule has 1 heterocycles. The summed E-state index contributed by atoms with van der Waals surface area (Å²) in [5.41, 5.74) is 0.145. The second-order valence-corrected chi connectivity index (χ2v) is 7.06. The summed E-state index contributed by atoms with van der Waals surface area (Å²) in [6.45, 7) is 0. The Morgan fingerprint density at radius 3 is 2.65 bits per heavy atom. The SMILES string of the molecule is CS(=O)(=O)c1cccnc1Sc1cccc(C(=O)O)c1. The Morgan fingerprint density at radius 2 is 2.00 bits per heavy atom. The summed E-state index contributed by atoms with van der Waals surface area (Å²) < 4.78 is 23.3. The van der Waals surface area contributed by atoms with Crippen molar-refractivity contribution in [1.82, 2.24) is 4.98 Å². The molecule has 0 atom stereocenters. The highest BCUT2D eigenvalue weighted by Crippen LogP contribution is 2.31. The van der Waals surface area contributed by atoms with Gasteiger partial charge in [0.1, 0.15) is 5.03 Å². The molecule has 1 aromatic heterocycles. The van der Waals surface area contributed by atoms with Crippen molar-refractivity contribution in [2.45, 2.75) is 14.8 Å². The van der Waals surface area contributed by atoms with Gasteiger partial charge in [0.15, 0.2) is 9.84 Å². The van der Waals surface area contributed by atoms with E-state index in [-0.39, 0.29) is 10.5 Å². The van der Waals surface area contributed by atoms with E-state index in [1.54, 1.807) is 18.2 Å². The maximum atomic E-state index is 11.7. The summed E-state index contributed by atoms with van der Waals surface area (Å²) in [4.78, 5) is 15.7. The number of nitrogens with zero attached hydrogens (tertiary/aromatic N) is 1. The first-order valence-corrected chi connectivity index (χ1v) is 8.25. The highest BCUT2D eigenvalue weighted by molar-refractivity contribution is 8.00. The van der Waals surface area contributed by atoms with Gasteiger partial charge in [0.25, 0.3) is 0 Å². The molecule has 0 aliphatic heterocycles. The molecule has 0 amide bonds. The van der Waals surface area contributed by atoms with E-state index in [0.717, 1.165) is 18.0 Å². The van der Waals surface area contributed by atoms with E-state index < -0.39 is 15.8 Å². The lowest BCUT2D eigenvalue weighted by molar-refractivity contribution is 0.0696. The molecule has 0 bridgehead atoms. The standard InChI is InChI=1S/C13H11NO4S2/c1-20(17,18)11-6-3-7-14-12(11)19-10-5-2-4-9(8-10)13(15)16/h2-8H,1H3,(H,15,16). The number of carbonyl (C=O) groups is 1. The van der Waals surface area contributed by atoms with Crippen LogP contribution in [0.4, 0.5) is 0 Å². The van der Waals surface area contributed by atoms with Gasteiger partial charge in [-0.15, -0.1) is 0 Å². The Balaban J connectivity index is 2.41. The largest absolute Gasteiger partial charge is 0.478 e. The van der Waals surface area contributed by atoms with Crippen LogP contribution in [0.25, 0.3) is 0 Å². The summed E-state index contributed by atoms with van der Waals surface area (Å²) in [5.74, 6) is -1.03. The smallest absolute Gasteiger partial charge is 0.335 e. The summed E-state index contributed by atoms with van der Waals surface area (Å²) in [6, 6.07) is 9.29. The van der Waals surface area contributed by atoms with Crippen molar-refractivity contribution in [3.8, 4) is 0 Å². The normalized spacial score (nSPS) is 11.2. The molecular formula is C13H11NO4S2. The number of hydrogen-bond donors (Lipinski definition) is 1. The molecule has 0 aliphatic carbocycles. The van der Waals surface area contributed by atoms with E-state index in [9.17, 15) is 13.2 Å². The van der Waals surface area contributed by atoms with Gasteiger partial charge in [0.05, 0.1) is 10.5 Å². The van der Waals surface area contributed by atoms with Crippen LogP contribution in [0.5, 0.6) is 0 Å². The van der Waals surface area contributed by atoms with E-state index in [1.165, 1.54) is 24.4 Å². The third-order valence-corrected chi connectivity index (χ3v) is 4.70. The van der Waals surface area contributed by atoms with Crippen molar-refractivity contribution < 1.29 is 18.3 Å². The average molecular weight is 309 g/mol. The molecule has 2 aromatic rings. The zero-order valence-corrected chi connectivity index (χ0v) is 12.1. The van der Waals surface area contributed by atoms with Crippen molar-refractivity contribution in [3.05, 3.63) is 48.2 Å². The van der Waals surface area contributed by atoms with Crippen LogP contribution in [0.1, 0.15) is 10.4 Å². The second-order valence-electron chi connectivity index (χ2n) is 4.01. The van der Waals surface area contributed by atoms with Crippen molar-refractivity contribution in [3.63, 3.8) is 0 Å². The predicted octanol–water partition coefficient (Wildman–Crippen LogP) is 2.33. The molecule has 1 aromatic carbocycles. The lowest BCUT2D eigenvalue weighted by atomic mass is 10.2. The second kappa shape index (κ2) is 5.64. The number of rotatable bonds is 4. The molecule has 0 radical (unpaired) electrons. The van der Waals surface area contributed by atoms with Gasteiger partial charge in [0.2, 0.25) is 0 Å². The molecular weight excluding hydrogens is 298 g/mol. The molecule has 0 saturated heterocycles. The Bertz CT molecular complexity index is 756. The van der Waals surface area contributed by atoms with E-state index in [0.29, 0.717) is 9.92 Å². The van der Waals surface area contributed by atoms with Crippen molar-refractivity contribution in [2.75, 3.05) is 6.26 Å². The van der Waals surface area contributed by atoms with E-state index >= 15 is 0 Å². The maximum absolute atomic E-state index is 11.7. The first-order valence-electron chi connectivity index (χ1n) is 5.54. The topological polar surface area (TPSA) is 84.3 Å². The van der Waals surface area contributed by atoms with E-state index in [1.807, 2.05) is 0 Å². The molecule has 1 N–H and O–H groups in total. The number of hydrogen-bond acceptors (Lipinski definition) is 5. The molecule has 0 saturated carbocycles. The summed E-state index contributed by atoms with van der Waals surface area (Å²) in [7, 11) is -3.38. The van der Waals surface area contributed by atoms with Crippen LogP contribution in [-0.2, 0) is 9.84 Å². The molecule has 0 aliphatic rings. The van der Waals surface area contributed by atoms with Crippen molar-refractivity contribution >= 4 is 27.6 Å². The number of carboxylic acid groups (broad SMARTS) is 1. The number of aromatic carboxylic acids is 1. The highest BCUT2D eigenvalue weighted by atomic mass is 32.2. The number of sulfone groups is 1. The molecule has 104 valence electrons. The van der Waals surface area contributed by atoms with Crippen LogP contribution in [0, 0.1) is 0 Å². The minimum absolute atomic E-state index is 0.130. The van der Waals surface area contributed by atoms with Gasteiger partial charge in [-0.3, -0.25) is 0 Å². The van der Waals surface area contributed by atoms with E-state index in [4.69, 9.17) is 5.11 Å². The fourth-order valence-electron chi connectivity index (χ4n) is 1.54. The zero-order valence-electron chi connectivity index (χ0n) is 10.5. The third kappa shape index (κ3) is 3.37. The van der Waals surface area contributed by atoms with Crippen molar-refractivity contribution in [2.24, 2.45) is 0 Å². The summed E-state index contributed by atoms with van der Waals surface area (Å²) >= 11 is 1.12. The molecule has 5 nitrogen and oxygen atoms in total. The number of pyridine rings is 1. The fourth-order valence-corrected chi connectivity index (χ4v) is 3.65. The zero-order chi connectivity index (χ0) is 14.8. The Morgan fingerprint density at radius 1 is 1.25 bits per heavy atom. The molecule has 7 heteroatoms. The van der Waals surface area contributed by atoms with Gasteiger partial charge in [-0.2, -0.15) is 0 Å². The summed E-state index contributed by atoms with van der Waals surface area (Å²) in [5, 5.41) is 9.27. The molecule has 0 spiro atoms. The highest BCUT2D eigenvalue weighted by Gasteiger charge is 2.15. The predicted molar refractivity (Wildman–Crippen MR) is 74.9 cm³/mol. The lowest BCUT2D eigenvalue weighted by Crippen LogP contribution is -2.00. The first-order chi connectivity index (χ1) is 9.38.